The molecule has 0 aliphatic rings. The second-order valence-electron chi connectivity index (χ2n) is 3.35. The van der Waals surface area contributed by atoms with Crippen molar-refractivity contribution in [3.8, 4) is 17.2 Å². The lowest BCUT2D eigenvalue weighted by Gasteiger charge is -2.18. The van der Waals surface area contributed by atoms with Gasteiger partial charge in [-0.3, -0.25) is 4.39 Å². The van der Waals surface area contributed by atoms with Gasteiger partial charge in [0.2, 0.25) is 0 Å². The van der Waals surface area contributed by atoms with Crippen LogP contribution in [0.4, 0.5) is 4.39 Å². The third kappa shape index (κ3) is 2.55. The molecule has 0 aliphatic carbocycles. The first-order valence-corrected chi connectivity index (χ1v) is 4.90. The maximum atomic E-state index is 12.3. The van der Waals surface area contributed by atoms with Gasteiger partial charge in [-0.1, -0.05) is 0 Å². The molecule has 0 fully saturated rings. The molecule has 1 rings (SSSR count). The standard InChI is InChI=1S/C11H16FNO3/c1-15-9-5-7(14)6-10(16-2)11(9)8(13)3-4-12/h5-6,8,14H,3-4,13H2,1-2H3/t8-/m0/s1. The minimum atomic E-state index is -0.519. The largest absolute Gasteiger partial charge is 0.508 e. The predicted molar refractivity (Wildman–Crippen MR) is 58.7 cm³/mol. The van der Waals surface area contributed by atoms with Crippen LogP contribution < -0.4 is 15.2 Å². The monoisotopic (exact) mass is 229 g/mol. The molecular formula is C11H16FNO3. The second-order valence-corrected chi connectivity index (χ2v) is 3.35. The van der Waals surface area contributed by atoms with Crippen LogP contribution in [0.1, 0.15) is 18.0 Å². The number of hydrogen-bond donors (Lipinski definition) is 2. The van der Waals surface area contributed by atoms with Gasteiger partial charge in [-0.15, -0.1) is 0 Å². The molecule has 5 heteroatoms. The summed E-state index contributed by atoms with van der Waals surface area (Å²) in [5.41, 5.74) is 6.40. The number of aromatic hydroxyl groups is 1. The van der Waals surface area contributed by atoms with Gasteiger partial charge in [-0.2, -0.15) is 0 Å². The highest BCUT2D eigenvalue weighted by Crippen LogP contribution is 2.37. The van der Waals surface area contributed by atoms with Gasteiger partial charge in [-0.05, 0) is 6.42 Å². The lowest BCUT2D eigenvalue weighted by molar-refractivity contribution is 0.362. The van der Waals surface area contributed by atoms with Crippen LogP contribution >= 0.6 is 0 Å². The molecule has 3 N–H and O–H groups in total. The molecule has 0 heterocycles. The zero-order chi connectivity index (χ0) is 12.1. The van der Waals surface area contributed by atoms with Gasteiger partial charge in [0.15, 0.2) is 0 Å². The molecule has 0 aromatic heterocycles. The Morgan fingerprint density at radius 3 is 2.19 bits per heavy atom. The van der Waals surface area contributed by atoms with Crippen molar-refractivity contribution in [2.45, 2.75) is 12.5 Å². The summed E-state index contributed by atoms with van der Waals surface area (Å²) in [6.45, 7) is -0.519. The number of phenolic OH excluding ortho intramolecular Hbond substituents is 1. The van der Waals surface area contributed by atoms with Crippen LogP contribution in [0.3, 0.4) is 0 Å². The van der Waals surface area contributed by atoms with E-state index in [1.54, 1.807) is 0 Å². The van der Waals surface area contributed by atoms with E-state index in [2.05, 4.69) is 0 Å². The van der Waals surface area contributed by atoms with Gasteiger partial charge in [0.25, 0.3) is 0 Å². The summed E-state index contributed by atoms with van der Waals surface area (Å²) >= 11 is 0. The van der Waals surface area contributed by atoms with Crippen LogP contribution in [-0.2, 0) is 0 Å². The van der Waals surface area contributed by atoms with E-state index < -0.39 is 12.7 Å². The number of ether oxygens (including phenoxy) is 2. The van der Waals surface area contributed by atoms with E-state index in [1.807, 2.05) is 0 Å². The van der Waals surface area contributed by atoms with Gasteiger partial charge in [0, 0.05) is 18.2 Å². The highest BCUT2D eigenvalue weighted by Gasteiger charge is 2.18. The molecule has 16 heavy (non-hydrogen) atoms. The molecule has 4 nitrogen and oxygen atoms in total. The Kier molecular flexibility index (Phi) is 4.37. The average molecular weight is 229 g/mol. The van der Waals surface area contributed by atoms with E-state index >= 15 is 0 Å². The molecule has 0 aliphatic heterocycles. The first kappa shape index (κ1) is 12.6. The Hall–Kier alpha value is -1.49. The second kappa shape index (κ2) is 5.55. The van der Waals surface area contributed by atoms with Crippen molar-refractivity contribution >= 4 is 0 Å². The number of phenols is 1. The van der Waals surface area contributed by atoms with Gasteiger partial charge in [-0.25, -0.2) is 0 Å². The third-order valence-corrected chi connectivity index (χ3v) is 2.32. The quantitative estimate of drug-likeness (QED) is 0.807. The molecule has 1 aromatic carbocycles. The molecule has 0 saturated carbocycles. The number of alkyl halides is 1. The Morgan fingerprint density at radius 2 is 1.81 bits per heavy atom. The molecule has 0 amide bonds. The van der Waals surface area contributed by atoms with E-state index in [1.165, 1.54) is 26.4 Å². The molecular weight excluding hydrogens is 213 g/mol. The average Bonchev–Trinajstić information content (AvgIpc) is 2.27. The Balaban J connectivity index is 3.21. The maximum absolute atomic E-state index is 12.3. The molecule has 0 radical (unpaired) electrons. The molecule has 0 bridgehead atoms. The van der Waals surface area contributed by atoms with Gasteiger partial charge < -0.3 is 20.3 Å². The number of benzene rings is 1. The van der Waals surface area contributed by atoms with E-state index in [0.717, 1.165) is 0 Å². The summed E-state index contributed by atoms with van der Waals surface area (Å²) in [6, 6.07) is 2.34. The highest BCUT2D eigenvalue weighted by molar-refractivity contribution is 5.51. The highest BCUT2D eigenvalue weighted by atomic mass is 19.1. The summed E-state index contributed by atoms with van der Waals surface area (Å²) in [6.07, 6.45) is 0.178. The number of halogens is 1. The Morgan fingerprint density at radius 1 is 1.31 bits per heavy atom. The molecule has 0 unspecified atom stereocenters. The van der Waals surface area contributed by atoms with Crippen molar-refractivity contribution in [1.82, 2.24) is 0 Å². The number of rotatable bonds is 5. The first-order chi connectivity index (χ1) is 7.63. The van der Waals surface area contributed by atoms with Crippen LogP contribution in [0.15, 0.2) is 12.1 Å². The summed E-state index contributed by atoms with van der Waals surface area (Å²) in [7, 11) is 2.92. The van der Waals surface area contributed by atoms with Crippen molar-refractivity contribution in [3.63, 3.8) is 0 Å². The van der Waals surface area contributed by atoms with Crippen molar-refractivity contribution in [3.05, 3.63) is 17.7 Å². The van der Waals surface area contributed by atoms with Crippen LogP contribution in [0.25, 0.3) is 0 Å². The number of methoxy groups -OCH3 is 2. The molecule has 1 atom stereocenters. The van der Waals surface area contributed by atoms with Crippen molar-refractivity contribution in [2.24, 2.45) is 5.73 Å². The van der Waals surface area contributed by atoms with Crippen molar-refractivity contribution in [2.75, 3.05) is 20.9 Å². The smallest absolute Gasteiger partial charge is 0.131 e. The van der Waals surface area contributed by atoms with Crippen LogP contribution in [-0.4, -0.2) is 26.0 Å². The molecule has 0 saturated heterocycles. The molecule has 90 valence electrons. The minimum Gasteiger partial charge on any atom is -0.508 e. The summed E-state index contributed by atoms with van der Waals surface area (Å²) in [5.74, 6) is 0.820. The Bertz CT molecular complexity index is 332. The zero-order valence-corrected chi connectivity index (χ0v) is 9.37. The van der Waals surface area contributed by atoms with Crippen molar-refractivity contribution < 1.29 is 19.0 Å². The van der Waals surface area contributed by atoms with Crippen LogP contribution in [0.2, 0.25) is 0 Å². The summed E-state index contributed by atoms with van der Waals surface area (Å²) in [5, 5.41) is 9.42. The van der Waals surface area contributed by atoms with Gasteiger partial charge in [0.1, 0.15) is 17.2 Å². The fourth-order valence-electron chi connectivity index (χ4n) is 1.55. The van der Waals surface area contributed by atoms with Crippen LogP contribution in [0.5, 0.6) is 17.2 Å². The predicted octanol–water partition coefficient (Wildman–Crippen LogP) is 1.77. The minimum absolute atomic E-state index is 0.0184. The number of nitrogens with two attached hydrogens (primary N) is 1. The lowest BCUT2D eigenvalue weighted by Crippen LogP contribution is -2.13. The summed E-state index contributed by atoms with van der Waals surface area (Å²) in [4.78, 5) is 0. The van der Waals surface area contributed by atoms with Gasteiger partial charge in [0.05, 0.1) is 26.5 Å². The number of hydrogen-bond acceptors (Lipinski definition) is 4. The maximum Gasteiger partial charge on any atom is 0.131 e. The first-order valence-electron chi connectivity index (χ1n) is 4.90. The zero-order valence-electron chi connectivity index (χ0n) is 9.37. The summed E-state index contributed by atoms with van der Waals surface area (Å²) < 4.78 is 22.5. The van der Waals surface area contributed by atoms with Gasteiger partial charge >= 0.3 is 0 Å². The topological polar surface area (TPSA) is 64.7 Å². The molecule has 1 aromatic rings. The third-order valence-electron chi connectivity index (χ3n) is 2.32. The SMILES string of the molecule is COc1cc(O)cc(OC)c1[C@@H](N)CCF. The normalized spacial score (nSPS) is 12.2. The fourth-order valence-corrected chi connectivity index (χ4v) is 1.55. The Labute approximate surface area is 93.8 Å². The molecule has 0 spiro atoms. The van der Waals surface area contributed by atoms with E-state index in [0.29, 0.717) is 17.1 Å². The van der Waals surface area contributed by atoms with Crippen molar-refractivity contribution in [1.29, 1.82) is 0 Å². The van der Waals surface area contributed by atoms with E-state index in [9.17, 15) is 9.50 Å². The van der Waals surface area contributed by atoms with Crippen LogP contribution in [0, 0.1) is 0 Å². The fraction of sp³-hybridized carbons (Fsp3) is 0.455. The van der Waals surface area contributed by atoms with E-state index in [4.69, 9.17) is 15.2 Å². The van der Waals surface area contributed by atoms with E-state index in [-0.39, 0.29) is 12.2 Å². The lowest BCUT2D eigenvalue weighted by atomic mass is 10.0.